The van der Waals surface area contributed by atoms with Crippen LogP contribution in [0.2, 0.25) is 0 Å². The molecule has 136 valence electrons. The lowest BCUT2D eigenvalue weighted by Crippen LogP contribution is -2.58. The van der Waals surface area contributed by atoms with Crippen LogP contribution in [0, 0.1) is 0 Å². The van der Waals surface area contributed by atoms with Crippen molar-refractivity contribution in [3.63, 3.8) is 0 Å². The van der Waals surface area contributed by atoms with Crippen LogP contribution in [0.3, 0.4) is 0 Å². The quantitative estimate of drug-likeness (QED) is 0.917. The summed E-state index contributed by atoms with van der Waals surface area (Å²) in [6.07, 6.45) is 0. The number of urea groups is 1. The monoisotopic (exact) mass is 353 g/mol. The Labute approximate surface area is 153 Å². The van der Waals surface area contributed by atoms with Gasteiger partial charge in [-0.3, -0.25) is 4.79 Å². The Balaban J connectivity index is 1.67. The number of carbonyl (C=O) groups is 2. The molecule has 1 heterocycles. The number of rotatable bonds is 4. The highest BCUT2D eigenvalue weighted by Crippen LogP contribution is 2.23. The van der Waals surface area contributed by atoms with Crippen LogP contribution in [0.5, 0.6) is 5.75 Å². The molecule has 1 aliphatic rings. The van der Waals surface area contributed by atoms with E-state index in [-0.39, 0.29) is 11.9 Å². The summed E-state index contributed by atoms with van der Waals surface area (Å²) in [5.74, 6) is 0.682. The summed E-state index contributed by atoms with van der Waals surface area (Å²) in [6.45, 7) is 5.22. The molecule has 0 saturated carbocycles. The van der Waals surface area contributed by atoms with Crippen LogP contribution < -0.4 is 15.0 Å². The van der Waals surface area contributed by atoms with Gasteiger partial charge in [0.1, 0.15) is 11.8 Å². The van der Waals surface area contributed by atoms with Gasteiger partial charge in [-0.15, -0.1) is 0 Å². The second kappa shape index (κ2) is 7.91. The number of nitrogens with one attached hydrogen (secondary N) is 1. The van der Waals surface area contributed by atoms with Crippen LogP contribution in [0.4, 0.5) is 16.2 Å². The third-order valence-electron chi connectivity index (χ3n) is 4.40. The second-order valence-electron chi connectivity index (χ2n) is 6.08. The fraction of sp³-hybridized carbons (Fsp3) is 0.300. The van der Waals surface area contributed by atoms with Gasteiger partial charge in [-0.2, -0.15) is 0 Å². The smallest absolute Gasteiger partial charge is 0.322 e. The average Bonchev–Trinajstić information content (AvgIpc) is 2.66. The maximum atomic E-state index is 12.8. The molecular formula is C20H23N3O3. The van der Waals surface area contributed by atoms with E-state index in [1.165, 1.54) is 0 Å². The van der Waals surface area contributed by atoms with Gasteiger partial charge >= 0.3 is 6.03 Å². The first-order valence-corrected chi connectivity index (χ1v) is 8.77. The number of hydrogen-bond acceptors (Lipinski definition) is 3. The Hall–Kier alpha value is -3.02. The van der Waals surface area contributed by atoms with Gasteiger partial charge in [-0.05, 0) is 50.2 Å². The van der Waals surface area contributed by atoms with Gasteiger partial charge in [-0.25, -0.2) is 4.79 Å². The van der Waals surface area contributed by atoms with E-state index in [9.17, 15) is 9.59 Å². The number of carbonyl (C=O) groups excluding carboxylic acids is 2. The number of amides is 3. The number of hydrogen-bond donors (Lipinski definition) is 1. The second-order valence-corrected chi connectivity index (χ2v) is 6.08. The maximum Gasteiger partial charge on any atom is 0.322 e. The van der Waals surface area contributed by atoms with Gasteiger partial charge in [0.05, 0.1) is 6.61 Å². The molecule has 1 N–H and O–H groups in total. The Morgan fingerprint density at radius 2 is 1.81 bits per heavy atom. The molecule has 0 aliphatic carbocycles. The van der Waals surface area contributed by atoms with E-state index in [0.717, 1.165) is 11.4 Å². The highest BCUT2D eigenvalue weighted by Gasteiger charge is 2.35. The van der Waals surface area contributed by atoms with E-state index in [2.05, 4.69) is 5.32 Å². The van der Waals surface area contributed by atoms with Crippen LogP contribution in [0.1, 0.15) is 13.8 Å². The number of para-hydroxylation sites is 1. The fourth-order valence-electron chi connectivity index (χ4n) is 3.01. The van der Waals surface area contributed by atoms with Crippen LogP contribution >= 0.6 is 0 Å². The fourth-order valence-corrected chi connectivity index (χ4v) is 3.01. The summed E-state index contributed by atoms with van der Waals surface area (Å²) in [4.78, 5) is 28.6. The van der Waals surface area contributed by atoms with Crippen molar-refractivity contribution in [3.05, 3.63) is 54.6 Å². The Morgan fingerprint density at radius 3 is 2.46 bits per heavy atom. The summed E-state index contributed by atoms with van der Waals surface area (Å²) in [6, 6.07) is 15.9. The Bertz CT molecular complexity index is 762. The van der Waals surface area contributed by atoms with Gasteiger partial charge in [0, 0.05) is 24.5 Å². The molecule has 2 aromatic carbocycles. The van der Waals surface area contributed by atoms with Crippen molar-refractivity contribution in [2.24, 2.45) is 0 Å². The van der Waals surface area contributed by atoms with Gasteiger partial charge in [0.2, 0.25) is 5.91 Å². The minimum absolute atomic E-state index is 0.0939. The van der Waals surface area contributed by atoms with Crippen LogP contribution in [0.15, 0.2) is 54.6 Å². The Morgan fingerprint density at radius 1 is 1.12 bits per heavy atom. The van der Waals surface area contributed by atoms with Gasteiger partial charge < -0.3 is 19.9 Å². The predicted molar refractivity (Wildman–Crippen MR) is 102 cm³/mol. The molecule has 26 heavy (non-hydrogen) atoms. The molecular weight excluding hydrogens is 330 g/mol. The lowest BCUT2D eigenvalue weighted by Gasteiger charge is -2.39. The number of nitrogens with zero attached hydrogens (tertiary/aromatic N) is 2. The van der Waals surface area contributed by atoms with Gasteiger partial charge in [-0.1, -0.05) is 18.2 Å². The maximum absolute atomic E-state index is 12.8. The van der Waals surface area contributed by atoms with E-state index in [1.807, 2.05) is 61.5 Å². The first-order valence-electron chi connectivity index (χ1n) is 8.77. The summed E-state index contributed by atoms with van der Waals surface area (Å²) in [5, 5.41) is 2.84. The summed E-state index contributed by atoms with van der Waals surface area (Å²) in [7, 11) is 0. The zero-order chi connectivity index (χ0) is 18.5. The third-order valence-corrected chi connectivity index (χ3v) is 4.40. The molecule has 0 aromatic heterocycles. The van der Waals surface area contributed by atoms with E-state index >= 15 is 0 Å². The molecule has 1 atom stereocenters. The van der Waals surface area contributed by atoms with E-state index < -0.39 is 6.04 Å². The van der Waals surface area contributed by atoms with Gasteiger partial charge in [0.15, 0.2) is 0 Å². The van der Waals surface area contributed by atoms with E-state index in [4.69, 9.17) is 4.74 Å². The molecule has 1 saturated heterocycles. The average molecular weight is 353 g/mol. The molecule has 0 spiro atoms. The van der Waals surface area contributed by atoms with Crippen molar-refractivity contribution in [2.45, 2.75) is 19.9 Å². The zero-order valence-electron chi connectivity index (χ0n) is 15.0. The lowest BCUT2D eigenvalue weighted by atomic mass is 10.1. The summed E-state index contributed by atoms with van der Waals surface area (Å²) >= 11 is 0. The number of benzene rings is 2. The lowest BCUT2D eigenvalue weighted by molar-refractivity contribution is -0.123. The molecule has 3 rings (SSSR count). The van der Waals surface area contributed by atoms with Crippen molar-refractivity contribution in [2.75, 3.05) is 29.9 Å². The number of anilines is 2. The van der Waals surface area contributed by atoms with Crippen LogP contribution in [-0.4, -0.2) is 42.6 Å². The van der Waals surface area contributed by atoms with Crippen molar-refractivity contribution >= 4 is 23.3 Å². The first-order chi connectivity index (χ1) is 12.6. The Kier molecular flexibility index (Phi) is 5.41. The summed E-state index contributed by atoms with van der Waals surface area (Å²) < 4.78 is 5.44. The van der Waals surface area contributed by atoms with E-state index in [1.54, 1.807) is 16.7 Å². The number of piperazine rings is 1. The topological polar surface area (TPSA) is 61.9 Å². The van der Waals surface area contributed by atoms with Crippen LogP contribution in [0.25, 0.3) is 0 Å². The predicted octanol–water partition coefficient (Wildman–Crippen LogP) is 3.35. The SMILES string of the molecule is CCOc1ccc(N2CCN(C(=O)Nc3ccccc3)C(C)C2=O)cc1. The third kappa shape index (κ3) is 3.79. The van der Waals surface area contributed by atoms with Crippen molar-refractivity contribution < 1.29 is 14.3 Å². The zero-order valence-corrected chi connectivity index (χ0v) is 15.0. The van der Waals surface area contributed by atoms with Crippen molar-refractivity contribution in [1.29, 1.82) is 0 Å². The molecule has 0 radical (unpaired) electrons. The molecule has 3 amide bonds. The first kappa shape index (κ1) is 17.8. The molecule has 0 bridgehead atoms. The minimum atomic E-state index is -0.529. The normalized spacial score (nSPS) is 17.2. The van der Waals surface area contributed by atoms with Crippen molar-refractivity contribution in [1.82, 2.24) is 4.90 Å². The molecule has 1 aliphatic heterocycles. The van der Waals surface area contributed by atoms with Crippen molar-refractivity contribution in [3.8, 4) is 5.75 Å². The van der Waals surface area contributed by atoms with Gasteiger partial charge in [0.25, 0.3) is 0 Å². The highest BCUT2D eigenvalue weighted by molar-refractivity contribution is 6.01. The highest BCUT2D eigenvalue weighted by atomic mass is 16.5. The minimum Gasteiger partial charge on any atom is -0.494 e. The van der Waals surface area contributed by atoms with E-state index in [0.29, 0.717) is 25.4 Å². The molecule has 2 aromatic rings. The number of ether oxygens (including phenoxy) is 1. The molecule has 1 fully saturated rings. The largest absolute Gasteiger partial charge is 0.494 e. The standard InChI is InChI=1S/C20H23N3O3/c1-3-26-18-11-9-17(10-12-18)23-14-13-22(15(2)19(23)24)20(25)21-16-7-5-4-6-8-16/h4-12,15H,3,13-14H2,1-2H3,(H,21,25). The molecule has 6 nitrogen and oxygen atoms in total. The summed E-state index contributed by atoms with van der Waals surface area (Å²) in [5.41, 5.74) is 1.53. The molecule has 6 heteroatoms. The molecule has 1 unspecified atom stereocenters. The van der Waals surface area contributed by atoms with Crippen LogP contribution in [-0.2, 0) is 4.79 Å².